The molecule has 1 amide bonds. The van der Waals surface area contributed by atoms with Crippen LogP contribution in [-0.2, 0) is 27.4 Å². The van der Waals surface area contributed by atoms with Gasteiger partial charge in [0.25, 0.3) is 5.92 Å². The second kappa shape index (κ2) is 7.64. The highest BCUT2D eigenvalue weighted by Gasteiger charge is 2.50. The van der Waals surface area contributed by atoms with Crippen LogP contribution in [0.2, 0.25) is 0 Å². The van der Waals surface area contributed by atoms with Crippen LogP contribution >= 0.6 is 0 Å². The number of ether oxygens (including phenoxy) is 1. The SMILES string of the molecule is O=C(OCc1ccccc1)[C@H]1CC(F)(F)CN1C(=O)Cc1ccccc1. The number of amides is 1. The molecule has 1 saturated heterocycles. The smallest absolute Gasteiger partial charge is 0.329 e. The molecule has 6 heteroatoms. The molecule has 0 radical (unpaired) electrons. The van der Waals surface area contributed by atoms with Crippen LogP contribution in [0.5, 0.6) is 0 Å². The highest BCUT2D eigenvalue weighted by molar-refractivity contribution is 5.86. The van der Waals surface area contributed by atoms with Crippen molar-refractivity contribution in [2.45, 2.75) is 31.4 Å². The normalized spacial score (nSPS) is 18.5. The average Bonchev–Trinajstić information content (AvgIpc) is 2.97. The molecule has 0 unspecified atom stereocenters. The molecule has 1 heterocycles. The molecule has 0 spiro atoms. The zero-order valence-corrected chi connectivity index (χ0v) is 14.1. The Hall–Kier alpha value is -2.76. The monoisotopic (exact) mass is 359 g/mol. The molecule has 1 aliphatic heterocycles. The third kappa shape index (κ3) is 4.45. The van der Waals surface area contributed by atoms with Crippen molar-refractivity contribution < 1.29 is 23.1 Å². The molecule has 2 aromatic rings. The lowest BCUT2D eigenvalue weighted by Gasteiger charge is -2.22. The number of benzene rings is 2. The van der Waals surface area contributed by atoms with E-state index in [0.29, 0.717) is 5.56 Å². The molecule has 1 atom stereocenters. The maximum absolute atomic E-state index is 13.9. The van der Waals surface area contributed by atoms with Gasteiger partial charge in [-0.3, -0.25) is 4.79 Å². The number of alkyl halides is 2. The van der Waals surface area contributed by atoms with Gasteiger partial charge in [-0.2, -0.15) is 0 Å². The summed E-state index contributed by atoms with van der Waals surface area (Å²) >= 11 is 0. The number of carbonyl (C=O) groups excluding carboxylic acids is 2. The van der Waals surface area contributed by atoms with Crippen molar-refractivity contribution in [3.05, 3.63) is 71.8 Å². The fourth-order valence-corrected chi connectivity index (χ4v) is 2.99. The van der Waals surface area contributed by atoms with E-state index in [4.69, 9.17) is 4.74 Å². The van der Waals surface area contributed by atoms with E-state index in [9.17, 15) is 18.4 Å². The molecule has 4 nitrogen and oxygen atoms in total. The van der Waals surface area contributed by atoms with Gasteiger partial charge in [-0.05, 0) is 11.1 Å². The van der Waals surface area contributed by atoms with Gasteiger partial charge in [0, 0.05) is 6.42 Å². The van der Waals surface area contributed by atoms with Crippen molar-refractivity contribution in [2.24, 2.45) is 0 Å². The van der Waals surface area contributed by atoms with Crippen LogP contribution in [0.4, 0.5) is 8.78 Å². The first kappa shape index (κ1) is 18.0. The van der Waals surface area contributed by atoms with Gasteiger partial charge in [0.1, 0.15) is 12.6 Å². The molecule has 2 aromatic carbocycles. The van der Waals surface area contributed by atoms with E-state index in [1.54, 1.807) is 48.5 Å². The van der Waals surface area contributed by atoms with Crippen molar-refractivity contribution in [2.75, 3.05) is 6.54 Å². The van der Waals surface area contributed by atoms with Gasteiger partial charge in [0.05, 0.1) is 13.0 Å². The summed E-state index contributed by atoms with van der Waals surface area (Å²) in [6.45, 7) is -0.772. The highest BCUT2D eigenvalue weighted by Crippen LogP contribution is 2.33. The lowest BCUT2D eigenvalue weighted by Crippen LogP contribution is -2.42. The molecular formula is C20H19F2NO3. The fraction of sp³-hybridized carbons (Fsp3) is 0.300. The predicted molar refractivity (Wildman–Crippen MR) is 91.4 cm³/mol. The van der Waals surface area contributed by atoms with Crippen LogP contribution in [0, 0.1) is 0 Å². The molecule has 0 saturated carbocycles. The largest absolute Gasteiger partial charge is 0.459 e. The lowest BCUT2D eigenvalue weighted by atomic mass is 10.1. The van der Waals surface area contributed by atoms with Gasteiger partial charge in [-0.25, -0.2) is 13.6 Å². The topological polar surface area (TPSA) is 46.6 Å². The number of rotatable bonds is 5. The summed E-state index contributed by atoms with van der Waals surface area (Å²) in [5.74, 6) is -4.40. The zero-order chi connectivity index (χ0) is 18.6. The Labute approximate surface area is 150 Å². The molecular weight excluding hydrogens is 340 g/mol. The van der Waals surface area contributed by atoms with Crippen LogP contribution in [0.1, 0.15) is 17.5 Å². The van der Waals surface area contributed by atoms with E-state index in [2.05, 4.69) is 0 Å². The third-order valence-corrected chi connectivity index (χ3v) is 4.28. The fourth-order valence-electron chi connectivity index (χ4n) is 2.99. The maximum atomic E-state index is 13.9. The zero-order valence-electron chi connectivity index (χ0n) is 14.1. The van der Waals surface area contributed by atoms with Gasteiger partial charge >= 0.3 is 5.97 Å². The summed E-state index contributed by atoms with van der Waals surface area (Å²) in [5, 5.41) is 0. The summed E-state index contributed by atoms with van der Waals surface area (Å²) in [6, 6.07) is 16.5. The summed E-state index contributed by atoms with van der Waals surface area (Å²) in [4.78, 5) is 25.7. The Bertz CT molecular complexity index is 765. The maximum Gasteiger partial charge on any atom is 0.329 e. The second-order valence-electron chi connectivity index (χ2n) is 6.35. The molecule has 1 fully saturated rings. The van der Waals surface area contributed by atoms with Crippen LogP contribution in [0.25, 0.3) is 0 Å². The second-order valence-corrected chi connectivity index (χ2v) is 6.35. The minimum Gasteiger partial charge on any atom is -0.459 e. The lowest BCUT2D eigenvalue weighted by molar-refractivity contribution is -0.154. The molecule has 0 N–H and O–H groups in total. The number of carbonyl (C=O) groups is 2. The number of hydrogen-bond donors (Lipinski definition) is 0. The Kier molecular flexibility index (Phi) is 5.30. The number of esters is 1. The van der Waals surface area contributed by atoms with Crippen LogP contribution < -0.4 is 0 Å². The van der Waals surface area contributed by atoms with E-state index >= 15 is 0 Å². The Morgan fingerprint density at radius 3 is 2.19 bits per heavy atom. The summed E-state index contributed by atoms with van der Waals surface area (Å²) in [6.07, 6.45) is -0.736. The van der Waals surface area contributed by atoms with E-state index in [-0.39, 0.29) is 13.0 Å². The minimum atomic E-state index is -3.09. The van der Waals surface area contributed by atoms with Crippen molar-refractivity contribution in [1.29, 1.82) is 0 Å². The van der Waals surface area contributed by atoms with E-state index in [1.807, 2.05) is 12.1 Å². The van der Waals surface area contributed by atoms with Gasteiger partial charge in [-0.15, -0.1) is 0 Å². The van der Waals surface area contributed by atoms with Crippen molar-refractivity contribution >= 4 is 11.9 Å². The molecule has 136 valence electrons. The first-order valence-corrected chi connectivity index (χ1v) is 8.36. The van der Waals surface area contributed by atoms with Crippen molar-refractivity contribution in [3.8, 4) is 0 Å². The van der Waals surface area contributed by atoms with Gasteiger partial charge in [0.15, 0.2) is 0 Å². The van der Waals surface area contributed by atoms with Crippen LogP contribution in [0.15, 0.2) is 60.7 Å². The average molecular weight is 359 g/mol. The predicted octanol–water partition coefficient (Wildman–Crippen LogP) is 3.21. The quantitative estimate of drug-likeness (QED) is 0.770. The van der Waals surface area contributed by atoms with Crippen molar-refractivity contribution in [1.82, 2.24) is 4.90 Å². The van der Waals surface area contributed by atoms with Gasteiger partial charge in [0.2, 0.25) is 5.91 Å². The summed E-state index contributed by atoms with van der Waals surface area (Å²) in [7, 11) is 0. The molecule has 0 bridgehead atoms. The molecule has 0 aliphatic carbocycles. The first-order chi connectivity index (χ1) is 12.4. The minimum absolute atomic E-state index is 0.0114. The number of likely N-dealkylation sites (tertiary alicyclic amines) is 1. The Morgan fingerprint density at radius 1 is 1.00 bits per heavy atom. The Balaban J connectivity index is 1.67. The van der Waals surface area contributed by atoms with E-state index in [0.717, 1.165) is 10.5 Å². The van der Waals surface area contributed by atoms with Crippen LogP contribution in [0.3, 0.4) is 0 Å². The Morgan fingerprint density at radius 2 is 1.58 bits per heavy atom. The number of nitrogens with zero attached hydrogens (tertiary/aromatic N) is 1. The van der Waals surface area contributed by atoms with Crippen molar-refractivity contribution in [3.63, 3.8) is 0 Å². The highest BCUT2D eigenvalue weighted by atomic mass is 19.3. The van der Waals surface area contributed by atoms with E-state index < -0.39 is 36.8 Å². The van der Waals surface area contributed by atoms with Gasteiger partial charge in [-0.1, -0.05) is 60.7 Å². The van der Waals surface area contributed by atoms with E-state index in [1.165, 1.54) is 0 Å². The third-order valence-electron chi connectivity index (χ3n) is 4.28. The standard InChI is InChI=1S/C20H19F2NO3/c21-20(22)12-17(19(25)26-13-16-9-5-2-6-10-16)23(14-20)18(24)11-15-7-3-1-4-8-15/h1-10,17H,11-14H2/t17-/m1/s1. The number of halogens is 2. The van der Waals surface area contributed by atoms with Gasteiger partial charge < -0.3 is 9.64 Å². The summed E-state index contributed by atoms with van der Waals surface area (Å²) in [5.41, 5.74) is 1.47. The summed E-state index contributed by atoms with van der Waals surface area (Å²) < 4.78 is 32.9. The number of hydrogen-bond acceptors (Lipinski definition) is 3. The molecule has 0 aromatic heterocycles. The van der Waals surface area contributed by atoms with Crippen LogP contribution in [-0.4, -0.2) is 35.3 Å². The molecule has 3 rings (SSSR count). The first-order valence-electron chi connectivity index (χ1n) is 8.36. The molecule has 1 aliphatic rings. The molecule has 26 heavy (non-hydrogen) atoms.